The normalized spacial score (nSPS) is 36.5. The lowest BCUT2D eigenvalue weighted by Gasteiger charge is -2.49. The third-order valence-electron chi connectivity index (χ3n) is 4.11. The number of nitrogens with two attached hydrogens (primary N) is 1. The van der Waals surface area contributed by atoms with Crippen molar-refractivity contribution in [2.75, 3.05) is 6.54 Å². The molecule has 2 unspecified atom stereocenters. The third kappa shape index (κ3) is 1.83. The van der Waals surface area contributed by atoms with Gasteiger partial charge in [0.1, 0.15) is 11.4 Å². The van der Waals surface area contributed by atoms with Crippen LogP contribution in [-0.2, 0) is 0 Å². The van der Waals surface area contributed by atoms with Gasteiger partial charge in [0.15, 0.2) is 0 Å². The molecule has 1 aliphatic heterocycles. The van der Waals surface area contributed by atoms with Gasteiger partial charge in [-0.3, -0.25) is 0 Å². The van der Waals surface area contributed by atoms with Crippen LogP contribution in [0, 0.1) is 11.3 Å². The van der Waals surface area contributed by atoms with Crippen molar-refractivity contribution in [3.63, 3.8) is 0 Å². The summed E-state index contributed by atoms with van der Waals surface area (Å²) in [6.07, 6.45) is 3.07. The number of amidine groups is 1. The lowest BCUT2D eigenvalue weighted by Crippen LogP contribution is -2.59. The summed E-state index contributed by atoms with van der Waals surface area (Å²) in [7, 11) is 0. The number of hydrogen-bond acceptors (Lipinski definition) is 2. The third-order valence-corrected chi connectivity index (χ3v) is 4.11. The summed E-state index contributed by atoms with van der Waals surface area (Å²) >= 11 is 0. The highest BCUT2D eigenvalue weighted by atomic mass is 16.2. The first kappa shape index (κ1) is 12.4. The zero-order valence-electron chi connectivity index (χ0n) is 11.3. The van der Waals surface area contributed by atoms with Crippen LogP contribution in [0.25, 0.3) is 0 Å². The van der Waals surface area contributed by atoms with Crippen LogP contribution in [0.4, 0.5) is 4.79 Å². The molecule has 0 aromatic carbocycles. The molecule has 2 atom stereocenters. The van der Waals surface area contributed by atoms with Gasteiger partial charge in [0.25, 0.3) is 0 Å². The van der Waals surface area contributed by atoms with Crippen LogP contribution in [-0.4, -0.2) is 28.9 Å². The van der Waals surface area contributed by atoms with Crippen LogP contribution in [0.2, 0.25) is 0 Å². The predicted octanol–water partition coefficient (Wildman–Crippen LogP) is 2.38. The zero-order chi connectivity index (χ0) is 12.8. The molecule has 2 rings (SSSR count). The van der Waals surface area contributed by atoms with Crippen LogP contribution in [0.3, 0.4) is 0 Å². The van der Waals surface area contributed by atoms with Crippen LogP contribution in [0.15, 0.2) is 4.99 Å². The minimum absolute atomic E-state index is 0.157. The molecule has 17 heavy (non-hydrogen) atoms. The number of carbonyl (C=O) groups is 1. The summed E-state index contributed by atoms with van der Waals surface area (Å²) in [5.41, 5.74) is 5.98. The Morgan fingerprint density at radius 3 is 2.65 bits per heavy atom. The fourth-order valence-electron chi connectivity index (χ4n) is 3.96. The Morgan fingerprint density at radius 2 is 2.12 bits per heavy atom. The average Bonchev–Trinajstić information content (AvgIpc) is 2.34. The zero-order valence-corrected chi connectivity index (χ0v) is 11.3. The Balaban J connectivity index is 2.40. The molecule has 0 saturated heterocycles. The van der Waals surface area contributed by atoms with Crippen molar-refractivity contribution >= 4 is 11.9 Å². The van der Waals surface area contributed by atoms with Crippen molar-refractivity contribution in [3.05, 3.63) is 0 Å². The molecule has 2 amide bonds. The quantitative estimate of drug-likeness (QED) is 0.761. The lowest BCUT2D eigenvalue weighted by atomic mass is 9.63. The molecule has 0 radical (unpaired) electrons. The maximum atomic E-state index is 11.9. The molecule has 0 aromatic heterocycles. The number of carbonyl (C=O) groups excluding carboxylic acids is 1. The van der Waals surface area contributed by atoms with E-state index in [1.54, 1.807) is 0 Å². The van der Waals surface area contributed by atoms with E-state index in [1.165, 1.54) is 6.42 Å². The molecule has 1 fully saturated rings. The van der Waals surface area contributed by atoms with Crippen molar-refractivity contribution in [2.24, 2.45) is 22.1 Å². The number of rotatable bonds is 1. The van der Waals surface area contributed by atoms with E-state index in [2.05, 4.69) is 25.8 Å². The topological polar surface area (TPSA) is 58.7 Å². The fourth-order valence-corrected chi connectivity index (χ4v) is 3.96. The number of nitrogens with zero attached hydrogens (tertiary/aromatic N) is 2. The fraction of sp³-hybridized carbons (Fsp3) is 0.846. The largest absolute Gasteiger partial charge is 0.385 e. The molecule has 0 bridgehead atoms. The SMILES string of the molecule is CCN1C(=O)N=C(N)C12CC(C)CC(C)(C)C2. The van der Waals surface area contributed by atoms with E-state index in [9.17, 15) is 4.79 Å². The Bertz CT molecular complexity index is 375. The highest BCUT2D eigenvalue weighted by molar-refractivity contribution is 6.05. The highest BCUT2D eigenvalue weighted by Crippen LogP contribution is 2.48. The molecule has 1 saturated carbocycles. The minimum atomic E-state index is -0.312. The molecule has 4 nitrogen and oxygen atoms in total. The molecule has 0 aromatic rings. The molecule has 96 valence electrons. The maximum Gasteiger partial charge on any atom is 0.346 e. The highest BCUT2D eigenvalue weighted by Gasteiger charge is 2.53. The number of urea groups is 1. The maximum absolute atomic E-state index is 11.9. The van der Waals surface area contributed by atoms with Crippen molar-refractivity contribution < 1.29 is 4.79 Å². The molecule has 2 N–H and O–H groups in total. The van der Waals surface area contributed by atoms with Gasteiger partial charge >= 0.3 is 6.03 Å². The summed E-state index contributed by atoms with van der Waals surface area (Å²) in [4.78, 5) is 17.7. The van der Waals surface area contributed by atoms with Crippen LogP contribution in [0.5, 0.6) is 0 Å². The summed E-state index contributed by atoms with van der Waals surface area (Å²) < 4.78 is 0. The summed E-state index contributed by atoms with van der Waals surface area (Å²) in [6.45, 7) is 9.45. The van der Waals surface area contributed by atoms with Crippen LogP contribution < -0.4 is 5.73 Å². The number of aliphatic imine (C=N–C) groups is 1. The smallest absolute Gasteiger partial charge is 0.346 e. The van der Waals surface area contributed by atoms with Crippen molar-refractivity contribution in [2.45, 2.75) is 52.5 Å². The molecule has 1 spiro atoms. The van der Waals surface area contributed by atoms with Crippen molar-refractivity contribution in [3.8, 4) is 0 Å². The van der Waals surface area contributed by atoms with Gasteiger partial charge in [-0.25, -0.2) is 4.79 Å². The van der Waals surface area contributed by atoms with Gasteiger partial charge in [-0.15, -0.1) is 0 Å². The summed E-state index contributed by atoms with van der Waals surface area (Å²) in [5, 5.41) is 0. The van der Waals surface area contributed by atoms with Crippen LogP contribution in [0.1, 0.15) is 47.0 Å². The first-order valence-electron chi connectivity index (χ1n) is 6.47. The van der Waals surface area contributed by atoms with Gasteiger partial charge in [0, 0.05) is 6.54 Å². The first-order valence-corrected chi connectivity index (χ1v) is 6.47. The van der Waals surface area contributed by atoms with E-state index in [-0.39, 0.29) is 17.0 Å². The number of likely N-dealkylation sites (N-methyl/N-ethyl adjacent to an activating group) is 1. The van der Waals surface area contributed by atoms with E-state index in [4.69, 9.17) is 5.73 Å². The van der Waals surface area contributed by atoms with Crippen molar-refractivity contribution in [1.82, 2.24) is 4.90 Å². The summed E-state index contributed by atoms with van der Waals surface area (Å²) in [5.74, 6) is 1.11. The Hall–Kier alpha value is -1.06. The Morgan fingerprint density at radius 1 is 1.47 bits per heavy atom. The lowest BCUT2D eigenvalue weighted by molar-refractivity contribution is 0.0616. The van der Waals surface area contributed by atoms with E-state index in [0.717, 1.165) is 12.8 Å². The molecule has 1 heterocycles. The average molecular weight is 237 g/mol. The Labute approximate surface area is 103 Å². The monoisotopic (exact) mass is 237 g/mol. The van der Waals surface area contributed by atoms with Gasteiger partial charge in [-0.05, 0) is 37.5 Å². The van der Waals surface area contributed by atoms with Gasteiger partial charge < -0.3 is 10.6 Å². The molecule has 1 aliphatic carbocycles. The Kier molecular flexibility index (Phi) is 2.71. The van der Waals surface area contributed by atoms with Gasteiger partial charge in [0.2, 0.25) is 0 Å². The molecule has 4 heteroatoms. The minimum Gasteiger partial charge on any atom is -0.385 e. The summed E-state index contributed by atoms with van der Waals surface area (Å²) in [6, 6.07) is -0.157. The predicted molar refractivity (Wildman–Crippen MR) is 68.9 cm³/mol. The second-order valence-corrected chi connectivity index (χ2v) is 6.41. The van der Waals surface area contributed by atoms with Gasteiger partial charge in [-0.2, -0.15) is 4.99 Å². The number of hydrogen-bond donors (Lipinski definition) is 1. The van der Waals surface area contributed by atoms with E-state index in [0.29, 0.717) is 18.3 Å². The van der Waals surface area contributed by atoms with Gasteiger partial charge in [0.05, 0.1) is 0 Å². The standard InChI is InChI=1S/C13H23N3O/c1-5-16-11(17)15-10(14)13(16)7-9(2)6-12(3,4)8-13/h9H,5-8H2,1-4H3,(H2,14,15,17). The molecular formula is C13H23N3O. The van der Waals surface area contributed by atoms with E-state index in [1.807, 2.05) is 11.8 Å². The number of amides is 2. The molecular weight excluding hydrogens is 214 g/mol. The second-order valence-electron chi connectivity index (χ2n) is 6.41. The van der Waals surface area contributed by atoms with Gasteiger partial charge in [-0.1, -0.05) is 20.8 Å². The van der Waals surface area contributed by atoms with Crippen molar-refractivity contribution in [1.29, 1.82) is 0 Å². The van der Waals surface area contributed by atoms with Crippen LogP contribution >= 0.6 is 0 Å². The molecule has 2 aliphatic rings. The first-order chi connectivity index (χ1) is 7.81. The van der Waals surface area contributed by atoms with E-state index >= 15 is 0 Å². The second kappa shape index (κ2) is 3.72. The van der Waals surface area contributed by atoms with E-state index < -0.39 is 0 Å².